The molecule has 0 amide bonds. The maximum atomic E-state index is 5.67. The van der Waals surface area contributed by atoms with Gasteiger partial charge in [0, 0.05) is 38.6 Å². The van der Waals surface area contributed by atoms with Crippen molar-refractivity contribution < 1.29 is 0 Å². The van der Waals surface area contributed by atoms with Crippen molar-refractivity contribution in [3.63, 3.8) is 0 Å². The number of imidazole rings is 1. The molecule has 0 bridgehead atoms. The Labute approximate surface area is 72.0 Å². The summed E-state index contributed by atoms with van der Waals surface area (Å²) < 4.78 is 2.05. The van der Waals surface area contributed by atoms with E-state index in [0.717, 1.165) is 25.5 Å². The molecule has 0 aromatic carbocycles. The zero-order valence-electron chi connectivity index (χ0n) is 7.27. The molecule has 0 saturated carbocycles. The van der Waals surface area contributed by atoms with Gasteiger partial charge in [0.05, 0.1) is 6.54 Å². The molecule has 2 heterocycles. The average Bonchev–Trinajstić information content (AvgIpc) is 2.33. The van der Waals surface area contributed by atoms with E-state index in [4.69, 9.17) is 5.73 Å². The van der Waals surface area contributed by atoms with Crippen LogP contribution in [0.1, 0.15) is 5.82 Å². The normalized spacial score (nSPS) is 19.5. The molecule has 1 fully saturated rings. The lowest BCUT2D eigenvalue weighted by Crippen LogP contribution is -2.55. The number of hydrogen-bond donors (Lipinski definition) is 1. The molecule has 0 spiro atoms. The van der Waals surface area contributed by atoms with Gasteiger partial charge in [-0.05, 0) is 0 Å². The summed E-state index contributed by atoms with van der Waals surface area (Å²) in [7, 11) is 2.02. The maximum absolute atomic E-state index is 5.67. The third kappa shape index (κ3) is 1.35. The molecule has 4 nitrogen and oxygen atoms in total. The van der Waals surface area contributed by atoms with E-state index in [2.05, 4.69) is 9.88 Å². The summed E-state index contributed by atoms with van der Waals surface area (Å²) in [5.74, 6) is 1.11. The van der Waals surface area contributed by atoms with Crippen molar-refractivity contribution in [1.82, 2.24) is 14.5 Å². The van der Waals surface area contributed by atoms with E-state index >= 15 is 0 Å². The Bertz CT molecular complexity index is 262. The Morgan fingerprint density at radius 3 is 2.92 bits per heavy atom. The molecule has 2 rings (SSSR count). The Kier molecular flexibility index (Phi) is 1.86. The number of likely N-dealkylation sites (tertiary alicyclic amines) is 1. The maximum Gasteiger partial charge on any atom is 0.122 e. The van der Waals surface area contributed by atoms with Crippen molar-refractivity contribution in [1.29, 1.82) is 0 Å². The molecule has 0 unspecified atom stereocenters. The largest absolute Gasteiger partial charge is 0.337 e. The van der Waals surface area contributed by atoms with Crippen molar-refractivity contribution in [3.05, 3.63) is 18.2 Å². The number of nitrogens with zero attached hydrogens (tertiary/aromatic N) is 3. The summed E-state index contributed by atoms with van der Waals surface area (Å²) in [6.07, 6.45) is 3.80. The van der Waals surface area contributed by atoms with Crippen molar-refractivity contribution in [3.8, 4) is 0 Å². The zero-order chi connectivity index (χ0) is 8.55. The van der Waals surface area contributed by atoms with Gasteiger partial charge in [-0.25, -0.2) is 4.98 Å². The molecular weight excluding hydrogens is 152 g/mol. The number of aromatic nitrogens is 2. The highest BCUT2D eigenvalue weighted by Gasteiger charge is 2.23. The van der Waals surface area contributed by atoms with E-state index in [1.54, 1.807) is 0 Å². The molecule has 1 aromatic rings. The fourth-order valence-corrected chi connectivity index (χ4v) is 1.49. The van der Waals surface area contributed by atoms with Crippen LogP contribution in [0.15, 0.2) is 12.4 Å². The number of hydrogen-bond acceptors (Lipinski definition) is 3. The molecular formula is C8H14N4. The van der Waals surface area contributed by atoms with E-state index in [-0.39, 0.29) is 0 Å². The number of nitrogens with two attached hydrogens (primary N) is 1. The first kappa shape index (κ1) is 7.76. The zero-order valence-corrected chi connectivity index (χ0v) is 7.27. The number of aryl methyl sites for hydroxylation is 1. The molecule has 1 aliphatic rings. The monoisotopic (exact) mass is 166 g/mol. The summed E-state index contributed by atoms with van der Waals surface area (Å²) in [5.41, 5.74) is 5.67. The minimum atomic E-state index is 0.380. The number of rotatable bonds is 2. The van der Waals surface area contributed by atoms with Gasteiger partial charge in [-0.15, -0.1) is 0 Å². The van der Waals surface area contributed by atoms with Crippen molar-refractivity contribution in [2.24, 2.45) is 12.8 Å². The van der Waals surface area contributed by atoms with Crippen LogP contribution in [-0.2, 0) is 13.6 Å². The van der Waals surface area contributed by atoms with Crippen LogP contribution in [0.3, 0.4) is 0 Å². The first-order chi connectivity index (χ1) is 5.75. The van der Waals surface area contributed by atoms with Crippen LogP contribution in [0, 0.1) is 0 Å². The van der Waals surface area contributed by atoms with Gasteiger partial charge < -0.3 is 10.3 Å². The van der Waals surface area contributed by atoms with Gasteiger partial charge >= 0.3 is 0 Å². The lowest BCUT2D eigenvalue weighted by atomic mass is 10.1. The topological polar surface area (TPSA) is 47.1 Å². The van der Waals surface area contributed by atoms with Gasteiger partial charge in [0.2, 0.25) is 0 Å². The Balaban J connectivity index is 1.92. The Hall–Kier alpha value is -0.870. The van der Waals surface area contributed by atoms with Crippen LogP contribution in [0.2, 0.25) is 0 Å². The second-order valence-corrected chi connectivity index (χ2v) is 3.41. The average molecular weight is 166 g/mol. The first-order valence-corrected chi connectivity index (χ1v) is 4.20. The quantitative estimate of drug-likeness (QED) is 0.648. The van der Waals surface area contributed by atoms with Crippen molar-refractivity contribution in [2.75, 3.05) is 13.1 Å². The molecule has 1 aliphatic heterocycles. The molecule has 0 aliphatic carbocycles. The van der Waals surface area contributed by atoms with Crippen LogP contribution in [0.4, 0.5) is 0 Å². The van der Waals surface area contributed by atoms with Gasteiger partial charge in [-0.2, -0.15) is 0 Å². The van der Waals surface area contributed by atoms with Crippen molar-refractivity contribution in [2.45, 2.75) is 12.6 Å². The summed E-state index contributed by atoms with van der Waals surface area (Å²) in [6.45, 7) is 2.94. The highest BCUT2D eigenvalue weighted by molar-refractivity contribution is 4.94. The molecule has 4 heteroatoms. The van der Waals surface area contributed by atoms with Crippen molar-refractivity contribution >= 4 is 0 Å². The minimum absolute atomic E-state index is 0.380. The van der Waals surface area contributed by atoms with Gasteiger partial charge in [-0.1, -0.05) is 0 Å². The fraction of sp³-hybridized carbons (Fsp3) is 0.625. The highest BCUT2D eigenvalue weighted by Crippen LogP contribution is 2.09. The van der Waals surface area contributed by atoms with Crippen LogP contribution >= 0.6 is 0 Å². The van der Waals surface area contributed by atoms with Crippen LogP contribution in [-0.4, -0.2) is 33.6 Å². The predicted molar refractivity (Wildman–Crippen MR) is 46.5 cm³/mol. The van der Waals surface area contributed by atoms with E-state index in [0.29, 0.717) is 6.04 Å². The third-order valence-electron chi connectivity index (χ3n) is 2.27. The van der Waals surface area contributed by atoms with Crippen LogP contribution < -0.4 is 5.73 Å². The van der Waals surface area contributed by atoms with E-state index in [9.17, 15) is 0 Å². The summed E-state index contributed by atoms with van der Waals surface area (Å²) >= 11 is 0. The second kappa shape index (κ2) is 2.88. The molecule has 0 radical (unpaired) electrons. The predicted octanol–water partition coefficient (Wildman–Crippen LogP) is -0.437. The summed E-state index contributed by atoms with van der Waals surface area (Å²) in [4.78, 5) is 6.54. The highest BCUT2D eigenvalue weighted by atomic mass is 15.2. The Morgan fingerprint density at radius 2 is 2.42 bits per heavy atom. The molecule has 1 saturated heterocycles. The molecule has 12 heavy (non-hydrogen) atoms. The Morgan fingerprint density at radius 1 is 1.67 bits per heavy atom. The van der Waals surface area contributed by atoms with Crippen LogP contribution in [0.5, 0.6) is 0 Å². The lowest BCUT2D eigenvalue weighted by molar-refractivity contribution is 0.137. The lowest BCUT2D eigenvalue weighted by Gasteiger charge is -2.36. The fourth-order valence-electron chi connectivity index (χ4n) is 1.49. The summed E-state index contributed by atoms with van der Waals surface area (Å²) in [5, 5.41) is 0. The summed E-state index contributed by atoms with van der Waals surface area (Å²) in [6, 6.07) is 0.380. The standard InChI is InChI=1S/C8H14N4/c1-11-3-2-10-8(11)6-12-4-7(9)5-12/h2-3,7H,4-6,9H2,1H3. The second-order valence-electron chi connectivity index (χ2n) is 3.41. The van der Waals surface area contributed by atoms with Gasteiger partial charge in [0.15, 0.2) is 0 Å². The SMILES string of the molecule is Cn1ccnc1CN1CC(N)C1. The smallest absolute Gasteiger partial charge is 0.122 e. The van der Waals surface area contributed by atoms with Gasteiger partial charge in [-0.3, -0.25) is 4.90 Å². The molecule has 0 atom stereocenters. The molecule has 66 valence electrons. The van der Waals surface area contributed by atoms with E-state index in [1.165, 1.54) is 0 Å². The van der Waals surface area contributed by atoms with Gasteiger partial charge in [0.1, 0.15) is 5.82 Å². The molecule has 1 aromatic heterocycles. The van der Waals surface area contributed by atoms with E-state index < -0.39 is 0 Å². The minimum Gasteiger partial charge on any atom is -0.337 e. The third-order valence-corrected chi connectivity index (χ3v) is 2.27. The molecule has 2 N–H and O–H groups in total. The first-order valence-electron chi connectivity index (χ1n) is 4.20. The van der Waals surface area contributed by atoms with E-state index in [1.807, 2.05) is 24.0 Å². The van der Waals surface area contributed by atoms with Gasteiger partial charge in [0.25, 0.3) is 0 Å². The van der Waals surface area contributed by atoms with Crippen LogP contribution in [0.25, 0.3) is 0 Å².